The monoisotopic (exact) mass is 401 g/mol. The lowest BCUT2D eigenvalue weighted by molar-refractivity contribution is -0.139. The lowest BCUT2D eigenvalue weighted by atomic mass is 9.84. The molecule has 5 heteroatoms. The van der Waals surface area contributed by atoms with E-state index in [2.05, 4.69) is 23.1 Å². The molecule has 0 bridgehead atoms. The number of nitrogens with zero attached hydrogens (tertiary/aromatic N) is 1. The highest BCUT2D eigenvalue weighted by Gasteiger charge is 2.32. The molecule has 2 saturated heterocycles. The zero-order valence-corrected chi connectivity index (χ0v) is 17.7. The first-order valence-electron chi connectivity index (χ1n) is 11.4. The van der Waals surface area contributed by atoms with Gasteiger partial charge in [-0.3, -0.25) is 4.79 Å². The third-order valence-corrected chi connectivity index (χ3v) is 6.94. The zero-order chi connectivity index (χ0) is 20.1. The minimum atomic E-state index is 0.186. The molecule has 1 aliphatic carbocycles. The van der Waals surface area contributed by atoms with Crippen LogP contribution in [0.5, 0.6) is 5.75 Å². The Bertz CT molecular complexity index is 657. The van der Waals surface area contributed by atoms with E-state index in [1.165, 1.54) is 5.56 Å². The molecule has 3 aliphatic rings. The van der Waals surface area contributed by atoms with Gasteiger partial charge in [-0.2, -0.15) is 0 Å². The van der Waals surface area contributed by atoms with Gasteiger partial charge in [-0.1, -0.05) is 12.1 Å². The van der Waals surface area contributed by atoms with E-state index in [1.807, 2.05) is 6.07 Å². The number of hydrogen-bond donors (Lipinski definition) is 0. The Kier molecular flexibility index (Phi) is 7.09. The van der Waals surface area contributed by atoms with Gasteiger partial charge < -0.3 is 19.1 Å². The number of methoxy groups -OCH3 is 1. The second kappa shape index (κ2) is 9.94. The quantitative estimate of drug-likeness (QED) is 0.718. The third-order valence-electron chi connectivity index (χ3n) is 6.94. The maximum absolute atomic E-state index is 13.0. The highest BCUT2D eigenvalue weighted by molar-refractivity contribution is 5.79. The lowest BCUT2D eigenvalue weighted by Crippen LogP contribution is -2.42. The van der Waals surface area contributed by atoms with Crippen LogP contribution >= 0.6 is 0 Å². The van der Waals surface area contributed by atoms with Gasteiger partial charge in [-0.05, 0) is 75.0 Å². The second-order valence-corrected chi connectivity index (χ2v) is 8.82. The molecule has 0 spiro atoms. The molecule has 1 aromatic carbocycles. The molecule has 1 aromatic rings. The summed E-state index contributed by atoms with van der Waals surface area (Å²) in [4.78, 5) is 15.1. The predicted octanol–water partition coefficient (Wildman–Crippen LogP) is 4.16. The van der Waals surface area contributed by atoms with E-state index in [0.717, 1.165) is 83.4 Å². The number of carbonyl (C=O) groups is 1. The zero-order valence-electron chi connectivity index (χ0n) is 17.7. The molecule has 1 atom stereocenters. The molecule has 4 rings (SSSR count). The summed E-state index contributed by atoms with van der Waals surface area (Å²) in [6.07, 6.45) is 8.89. The highest BCUT2D eigenvalue weighted by atomic mass is 16.5. The largest absolute Gasteiger partial charge is 0.497 e. The van der Waals surface area contributed by atoms with Crippen molar-refractivity contribution in [3.63, 3.8) is 0 Å². The fraction of sp³-hybridized carbons (Fsp3) is 0.708. The molecule has 1 saturated carbocycles. The summed E-state index contributed by atoms with van der Waals surface area (Å²) in [7, 11) is 1.71. The van der Waals surface area contributed by atoms with Crippen LogP contribution in [0.1, 0.15) is 62.8 Å². The van der Waals surface area contributed by atoms with Crippen molar-refractivity contribution in [2.24, 2.45) is 5.92 Å². The van der Waals surface area contributed by atoms with Crippen LogP contribution in [-0.2, 0) is 14.3 Å². The van der Waals surface area contributed by atoms with Gasteiger partial charge in [-0.15, -0.1) is 0 Å². The van der Waals surface area contributed by atoms with E-state index >= 15 is 0 Å². The molecule has 0 radical (unpaired) electrons. The number of ether oxygens (including phenoxy) is 3. The second-order valence-electron chi connectivity index (χ2n) is 8.82. The lowest BCUT2D eigenvalue weighted by Gasteiger charge is -2.36. The summed E-state index contributed by atoms with van der Waals surface area (Å²) >= 11 is 0. The summed E-state index contributed by atoms with van der Waals surface area (Å²) in [6.45, 7) is 3.34. The van der Waals surface area contributed by atoms with Gasteiger partial charge >= 0.3 is 0 Å². The Morgan fingerprint density at radius 3 is 2.59 bits per heavy atom. The standard InChI is InChI=1S/C24H35NO4/c1-27-22-5-2-4-20(16-22)18-11-13-25(14-12-18)24(26)19-7-9-21(10-8-19)29-17-23-6-3-15-28-23/h2,4-5,16,18-19,21,23H,3,6-15,17H2,1H3. The SMILES string of the molecule is COc1cccc(C2CCN(C(=O)C3CCC(OCC4CCCO4)CC3)CC2)c1. The molecule has 5 nitrogen and oxygen atoms in total. The van der Waals surface area contributed by atoms with Gasteiger partial charge in [0.05, 0.1) is 25.9 Å². The maximum atomic E-state index is 13.0. The molecular formula is C24H35NO4. The average molecular weight is 402 g/mol. The van der Waals surface area contributed by atoms with E-state index in [1.54, 1.807) is 7.11 Å². The Labute approximate surface area is 174 Å². The van der Waals surface area contributed by atoms with Gasteiger partial charge in [0.1, 0.15) is 5.75 Å². The number of benzene rings is 1. The molecule has 2 heterocycles. The minimum absolute atomic E-state index is 0.186. The molecule has 29 heavy (non-hydrogen) atoms. The van der Waals surface area contributed by atoms with Crippen molar-refractivity contribution in [1.29, 1.82) is 0 Å². The van der Waals surface area contributed by atoms with Crippen LogP contribution in [0.2, 0.25) is 0 Å². The predicted molar refractivity (Wildman–Crippen MR) is 112 cm³/mol. The molecule has 0 aromatic heterocycles. The first-order valence-corrected chi connectivity index (χ1v) is 11.4. The number of carbonyl (C=O) groups excluding carboxylic acids is 1. The van der Waals surface area contributed by atoms with Crippen LogP contribution in [0.25, 0.3) is 0 Å². The van der Waals surface area contributed by atoms with Crippen LogP contribution in [0.15, 0.2) is 24.3 Å². The Morgan fingerprint density at radius 2 is 1.90 bits per heavy atom. The molecule has 2 aliphatic heterocycles. The van der Waals surface area contributed by atoms with E-state index in [-0.39, 0.29) is 5.92 Å². The number of hydrogen-bond acceptors (Lipinski definition) is 4. The fourth-order valence-corrected chi connectivity index (χ4v) is 5.08. The van der Waals surface area contributed by atoms with Crippen molar-refractivity contribution in [1.82, 2.24) is 4.90 Å². The number of amides is 1. The Hall–Kier alpha value is -1.59. The summed E-state index contributed by atoms with van der Waals surface area (Å²) in [6, 6.07) is 8.37. The van der Waals surface area contributed by atoms with Crippen molar-refractivity contribution >= 4 is 5.91 Å². The highest BCUT2D eigenvalue weighted by Crippen LogP contribution is 2.33. The first-order chi connectivity index (χ1) is 14.2. The van der Waals surface area contributed by atoms with Crippen LogP contribution < -0.4 is 4.74 Å². The minimum Gasteiger partial charge on any atom is -0.497 e. The van der Waals surface area contributed by atoms with Gasteiger partial charge in [0, 0.05) is 25.6 Å². The van der Waals surface area contributed by atoms with Crippen molar-refractivity contribution in [2.75, 3.05) is 33.4 Å². The average Bonchev–Trinajstić information content (AvgIpc) is 3.31. The van der Waals surface area contributed by atoms with Gasteiger partial charge in [0.15, 0.2) is 0 Å². The van der Waals surface area contributed by atoms with E-state index in [9.17, 15) is 4.79 Å². The molecule has 0 N–H and O–H groups in total. The van der Waals surface area contributed by atoms with E-state index in [4.69, 9.17) is 14.2 Å². The fourth-order valence-electron chi connectivity index (χ4n) is 5.08. The van der Waals surface area contributed by atoms with Gasteiger partial charge in [0.2, 0.25) is 5.91 Å². The summed E-state index contributed by atoms with van der Waals surface area (Å²) in [5, 5.41) is 0. The molecule has 160 valence electrons. The van der Waals surface area contributed by atoms with Crippen molar-refractivity contribution in [3.05, 3.63) is 29.8 Å². The maximum Gasteiger partial charge on any atom is 0.225 e. The third kappa shape index (κ3) is 5.32. The topological polar surface area (TPSA) is 48.0 Å². The smallest absolute Gasteiger partial charge is 0.225 e. The normalized spacial score (nSPS) is 28.4. The molecule has 1 amide bonds. The number of likely N-dealkylation sites (tertiary alicyclic amines) is 1. The van der Waals surface area contributed by atoms with Crippen LogP contribution in [0, 0.1) is 5.92 Å². The summed E-state index contributed by atoms with van der Waals surface area (Å²) < 4.78 is 17.1. The molecule has 1 unspecified atom stereocenters. The van der Waals surface area contributed by atoms with Gasteiger partial charge in [0.25, 0.3) is 0 Å². The summed E-state index contributed by atoms with van der Waals surface area (Å²) in [5.74, 6) is 1.99. The van der Waals surface area contributed by atoms with Crippen molar-refractivity contribution in [3.8, 4) is 5.75 Å². The van der Waals surface area contributed by atoms with Crippen molar-refractivity contribution in [2.45, 2.75) is 69.5 Å². The summed E-state index contributed by atoms with van der Waals surface area (Å²) in [5.41, 5.74) is 1.33. The Morgan fingerprint density at radius 1 is 1.10 bits per heavy atom. The molecular weight excluding hydrogens is 366 g/mol. The van der Waals surface area contributed by atoms with Crippen LogP contribution in [0.4, 0.5) is 0 Å². The number of rotatable bonds is 6. The van der Waals surface area contributed by atoms with Crippen LogP contribution in [-0.4, -0.2) is 56.4 Å². The van der Waals surface area contributed by atoms with Crippen molar-refractivity contribution < 1.29 is 19.0 Å². The molecule has 3 fully saturated rings. The van der Waals surface area contributed by atoms with E-state index < -0.39 is 0 Å². The van der Waals surface area contributed by atoms with Gasteiger partial charge in [-0.25, -0.2) is 0 Å². The number of piperidine rings is 1. The first kappa shape index (κ1) is 20.7. The Balaban J connectivity index is 1.20. The van der Waals surface area contributed by atoms with E-state index in [0.29, 0.717) is 24.0 Å². The van der Waals surface area contributed by atoms with Crippen LogP contribution in [0.3, 0.4) is 0 Å².